The van der Waals surface area contributed by atoms with Crippen LogP contribution < -0.4 is 22.1 Å². The predicted molar refractivity (Wildman–Crippen MR) is 57.5 cm³/mol. The smallest absolute Gasteiger partial charge is 0.235 e. The molecule has 1 amide bonds. The van der Waals surface area contributed by atoms with E-state index in [2.05, 4.69) is 10.6 Å². The van der Waals surface area contributed by atoms with E-state index in [1.165, 1.54) is 0 Å². The molecule has 0 aliphatic rings. The Balaban J connectivity index is 3.50. The molecule has 0 heterocycles. The van der Waals surface area contributed by atoms with Gasteiger partial charge in [0.2, 0.25) is 5.91 Å². The van der Waals surface area contributed by atoms with Crippen molar-refractivity contribution >= 4 is 5.91 Å². The highest BCUT2D eigenvalue weighted by Crippen LogP contribution is 1.88. The first-order chi connectivity index (χ1) is 6.56. The molecule has 0 rings (SSSR count). The minimum Gasteiger partial charge on any atom is -0.340 e. The molecule has 0 saturated heterocycles. The van der Waals surface area contributed by atoms with Crippen molar-refractivity contribution in [3.8, 4) is 0 Å². The van der Waals surface area contributed by atoms with Gasteiger partial charge >= 0.3 is 0 Å². The lowest BCUT2D eigenvalue weighted by Gasteiger charge is -2.14. The van der Waals surface area contributed by atoms with Crippen molar-refractivity contribution in [2.45, 2.75) is 38.9 Å². The van der Waals surface area contributed by atoms with E-state index in [4.69, 9.17) is 11.5 Å². The number of hydrogen-bond acceptors (Lipinski definition) is 4. The van der Waals surface area contributed by atoms with E-state index in [-0.39, 0.29) is 12.1 Å². The summed E-state index contributed by atoms with van der Waals surface area (Å²) in [5, 5.41) is 5.71. The second-order valence-electron chi connectivity index (χ2n) is 3.64. The number of nitrogens with two attached hydrogens (primary N) is 2. The van der Waals surface area contributed by atoms with Gasteiger partial charge in [-0.05, 0) is 19.4 Å². The lowest BCUT2D eigenvalue weighted by atomic mass is 10.2. The zero-order chi connectivity index (χ0) is 11.0. The van der Waals surface area contributed by atoms with Gasteiger partial charge in [-0.1, -0.05) is 13.8 Å². The third-order valence-electron chi connectivity index (χ3n) is 1.74. The number of carbonyl (C=O) groups excluding carboxylic acids is 1. The molecular weight excluding hydrogens is 180 g/mol. The van der Waals surface area contributed by atoms with Gasteiger partial charge in [-0.2, -0.15) is 0 Å². The van der Waals surface area contributed by atoms with Crippen LogP contribution in [-0.4, -0.2) is 31.2 Å². The fourth-order valence-electron chi connectivity index (χ4n) is 0.965. The van der Waals surface area contributed by atoms with Crippen molar-refractivity contribution in [3.05, 3.63) is 0 Å². The SMILES string of the molecule is CC(C)NCC(=O)NC(N)CCCN. The van der Waals surface area contributed by atoms with Crippen LogP contribution in [0.5, 0.6) is 0 Å². The number of carbonyl (C=O) groups is 1. The van der Waals surface area contributed by atoms with E-state index in [0.717, 1.165) is 12.8 Å². The highest BCUT2D eigenvalue weighted by Gasteiger charge is 2.06. The maximum Gasteiger partial charge on any atom is 0.235 e. The first kappa shape index (κ1) is 13.4. The third-order valence-corrected chi connectivity index (χ3v) is 1.74. The molecule has 5 heteroatoms. The highest BCUT2D eigenvalue weighted by atomic mass is 16.2. The van der Waals surface area contributed by atoms with E-state index < -0.39 is 0 Å². The average molecular weight is 202 g/mol. The Morgan fingerprint density at radius 1 is 1.43 bits per heavy atom. The Labute approximate surface area is 85.6 Å². The Bertz CT molecular complexity index is 161. The van der Waals surface area contributed by atoms with E-state index in [1.54, 1.807) is 0 Å². The van der Waals surface area contributed by atoms with Crippen molar-refractivity contribution in [2.75, 3.05) is 13.1 Å². The molecule has 0 aliphatic carbocycles. The second-order valence-corrected chi connectivity index (χ2v) is 3.64. The molecule has 14 heavy (non-hydrogen) atoms. The summed E-state index contributed by atoms with van der Waals surface area (Å²) >= 11 is 0. The maximum atomic E-state index is 11.2. The molecular formula is C9H22N4O. The zero-order valence-electron chi connectivity index (χ0n) is 9.05. The topological polar surface area (TPSA) is 93.2 Å². The van der Waals surface area contributed by atoms with Gasteiger partial charge in [0.15, 0.2) is 0 Å². The van der Waals surface area contributed by atoms with Crippen LogP contribution in [-0.2, 0) is 4.79 Å². The maximum absolute atomic E-state index is 11.2. The third kappa shape index (κ3) is 7.97. The molecule has 6 N–H and O–H groups in total. The molecule has 0 saturated carbocycles. The summed E-state index contributed by atoms with van der Waals surface area (Å²) < 4.78 is 0. The van der Waals surface area contributed by atoms with Crippen LogP contribution in [0.25, 0.3) is 0 Å². The van der Waals surface area contributed by atoms with Crippen LogP contribution in [0.2, 0.25) is 0 Å². The summed E-state index contributed by atoms with van der Waals surface area (Å²) in [5.74, 6) is -0.0665. The van der Waals surface area contributed by atoms with Crippen molar-refractivity contribution in [1.29, 1.82) is 0 Å². The predicted octanol–water partition coefficient (Wildman–Crippen LogP) is -0.876. The van der Waals surface area contributed by atoms with Crippen LogP contribution in [0, 0.1) is 0 Å². The molecule has 0 aromatic rings. The molecule has 84 valence electrons. The van der Waals surface area contributed by atoms with E-state index in [0.29, 0.717) is 19.1 Å². The number of nitrogens with one attached hydrogen (secondary N) is 2. The van der Waals surface area contributed by atoms with Crippen molar-refractivity contribution < 1.29 is 4.79 Å². The van der Waals surface area contributed by atoms with E-state index in [1.807, 2.05) is 13.8 Å². The van der Waals surface area contributed by atoms with Crippen molar-refractivity contribution in [2.24, 2.45) is 11.5 Å². The van der Waals surface area contributed by atoms with Crippen LogP contribution >= 0.6 is 0 Å². The molecule has 0 aliphatic heterocycles. The monoisotopic (exact) mass is 202 g/mol. The average Bonchev–Trinajstić information content (AvgIpc) is 2.11. The Kier molecular flexibility index (Phi) is 7.37. The van der Waals surface area contributed by atoms with Gasteiger partial charge in [0.05, 0.1) is 12.7 Å². The fraction of sp³-hybridized carbons (Fsp3) is 0.889. The molecule has 0 radical (unpaired) electrons. The molecule has 0 spiro atoms. The summed E-state index contributed by atoms with van der Waals surface area (Å²) in [6, 6.07) is 0.306. The Morgan fingerprint density at radius 2 is 2.07 bits per heavy atom. The molecule has 0 aromatic carbocycles. The zero-order valence-corrected chi connectivity index (χ0v) is 9.05. The Hall–Kier alpha value is -0.650. The molecule has 5 nitrogen and oxygen atoms in total. The molecule has 0 bridgehead atoms. The van der Waals surface area contributed by atoms with Gasteiger partial charge in [-0.3, -0.25) is 4.79 Å². The normalized spacial score (nSPS) is 12.9. The molecule has 1 atom stereocenters. The number of rotatable bonds is 7. The van der Waals surface area contributed by atoms with Crippen LogP contribution in [0.3, 0.4) is 0 Å². The van der Waals surface area contributed by atoms with Crippen molar-refractivity contribution in [1.82, 2.24) is 10.6 Å². The number of hydrogen-bond donors (Lipinski definition) is 4. The van der Waals surface area contributed by atoms with Gasteiger partial charge in [-0.15, -0.1) is 0 Å². The quantitative estimate of drug-likeness (QED) is 0.404. The summed E-state index contributed by atoms with van der Waals surface area (Å²) in [6.45, 7) is 4.89. The first-order valence-corrected chi connectivity index (χ1v) is 5.04. The fourth-order valence-corrected chi connectivity index (χ4v) is 0.965. The van der Waals surface area contributed by atoms with E-state index in [9.17, 15) is 4.79 Å². The summed E-state index contributed by atoms with van der Waals surface area (Å²) in [4.78, 5) is 11.2. The van der Waals surface area contributed by atoms with Gasteiger partial charge in [-0.25, -0.2) is 0 Å². The summed E-state index contributed by atoms with van der Waals surface area (Å²) in [6.07, 6.45) is 1.28. The first-order valence-electron chi connectivity index (χ1n) is 5.04. The standard InChI is InChI=1S/C9H22N4O/c1-7(2)12-6-9(14)13-8(11)4-3-5-10/h7-8,12H,3-6,10-11H2,1-2H3,(H,13,14). The highest BCUT2D eigenvalue weighted by molar-refractivity contribution is 5.78. The van der Waals surface area contributed by atoms with Crippen LogP contribution in [0.1, 0.15) is 26.7 Å². The van der Waals surface area contributed by atoms with Gasteiger partial charge in [0.1, 0.15) is 0 Å². The van der Waals surface area contributed by atoms with Gasteiger partial charge < -0.3 is 22.1 Å². The minimum atomic E-state index is -0.278. The summed E-state index contributed by atoms with van der Waals surface area (Å²) in [5.41, 5.74) is 11.0. The van der Waals surface area contributed by atoms with E-state index >= 15 is 0 Å². The lowest BCUT2D eigenvalue weighted by molar-refractivity contribution is -0.121. The van der Waals surface area contributed by atoms with Crippen molar-refractivity contribution in [3.63, 3.8) is 0 Å². The molecule has 1 unspecified atom stereocenters. The molecule has 0 fully saturated rings. The Morgan fingerprint density at radius 3 is 2.57 bits per heavy atom. The van der Waals surface area contributed by atoms with Gasteiger partial charge in [0.25, 0.3) is 0 Å². The van der Waals surface area contributed by atoms with Crippen LogP contribution in [0.15, 0.2) is 0 Å². The largest absolute Gasteiger partial charge is 0.340 e. The molecule has 0 aromatic heterocycles. The van der Waals surface area contributed by atoms with Crippen LogP contribution in [0.4, 0.5) is 0 Å². The minimum absolute atomic E-state index is 0.0665. The van der Waals surface area contributed by atoms with Gasteiger partial charge in [0, 0.05) is 6.04 Å². The second kappa shape index (κ2) is 7.73. The number of amides is 1. The summed E-state index contributed by atoms with van der Waals surface area (Å²) in [7, 11) is 0. The lowest BCUT2D eigenvalue weighted by Crippen LogP contribution is -2.46.